The van der Waals surface area contributed by atoms with Gasteiger partial charge in [-0.15, -0.1) is 0 Å². The highest BCUT2D eigenvalue weighted by atomic mass is 35.5. The zero-order valence-corrected chi connectivity index (χ0v) is 12.8. The van der Waals surface area contributed by atoms with Gasteiger partial charge in [-0.1, -0.05) is 47.5 Å². The molecule has 3 aromatic rings. The van der Waals surface area contributed by atoms with Crippen LogP contribution in [-0.2, 0) is 0 Å². The first-order chi connectivity index (χ1) is 10.6. The number of nitrogens with one attached hydrogen (secondary N) is 1. The highest BCUT2D eigenvalue weighted by Gasteiger charge is 2.11. The van der Waals surface area contributed by atoms with Crippen molar-refractivity contribution >= 4 is 51.3 Å². The van der Waals surface area contributed by atoms with Crippen molar-refractivity contribution in [3.8, 4) is 0 Å². The predicted molar refractivity (Wildman–Crippen MR) is 90.7 cm³/mol. The number of halogens is 2. The average molecular weight is 332 g/mol. The largest absolute Gasteiger partial charge is 0.478 e. The van der Waals surface area contributed by atoms with Crippen molar-refractivity contribution in [1.29, 1.82) is 0 Å². The van der Waals surface area contributed by atoms with Crippen LogP contribution in [0.1, 0.15) is 10.4 Å². The van der Waals surface area contributed by atoms with E-state index >= 15 is 0 Å². The van der Waals surface area contributed by atoms with Gasteiger partial charge in [0, 0.05) is 16.1 Å². The molecule has 0 heterocycles. The smallest absolute Gasteiger partial charge is 0.336 e. The van der Waals surface area contributed by atoms with Crippen LogP contribution in [0.3, 0.4) is 0 Å². The average Bonchev–Trinajstić information content (AvgIpc) is 2.50. The van der Waals surface area contributed by atoms with Crippen LogP contribution >= 0.6 is 23.2 Å². The molecule has 0 fully saturated rings. The van der Waals surface area contributed by atoms with Crippen molar-refractivity contribution < 1.29 is 9.90 Å². The number of fused-ring (bicyclic) bond motifs is 1. The second kappa shape index (κ2) is 5.87. The summed E-state index contributed by atoms with van der Waals surface area (Å²) in [6.07, 6.45) is 0. The van der Waals surface area contributed by atoms with Gasteiger partial charge in [0.05, 0.1) is 16.3 Å². The first-order valence-electron chi connectivity index (χ1n) is 6.53. The SMILES string of the molecule is O=C(O)c1ccc(Nc2ccc(Cl)cc2Cl)c2ccccc12. The number of carboxylic acid groups (broad SMARTS) is 1. The minimum atomic E-state index is -0.952. The molecule has 0 unspecified atom stereocenters. The molecule has 0 spiro atoms. The second-order valence-corrected chi connectivity index (χ2v) is 5.60. The quantitative estimate of drug-likeness (QED) is 0.657. The van der Waals surface area contributed by atoms with Gasteiger partial charge in [0.25, 0.3) is 0 Å². The molecule has 5 heteroatoms. The van der Waals surface area contributed by atoms with E-state index in [9.17, 15) is 9.90 Å². The maximum atomic E-state index is 11.3. The monoisotopic (exact) mass is 331 g/mol. The summed E-state index contributed by atoms with van der Waals surface area (Å²) in [5.74, 6) is -0.952. The molecule has 0 bridgehead atoms. The fourth-order valence-electron chi connectivity index (χ4n) is 2.33. The molecule has 3 rings (SSSR count). The van der Waals surface area contributed by atoms with Crippen LogP contribution in [-0.4, -0.2) is 11.1 Å². The zero-order valence-electron chi connectivity index (χ0n) is 11.3. The molecule has 0 radical (unpaired) electrons. The van der Waals surface area contributed by atoms with Crippen LogP contribution in [0.4, 0.5) is 11.4 Å². The van der Waals surface area contributed by atoms with E-state index in [4.69, 9.17) is 23.2 Å². The molecule has 0 saturated heterocycles. The molecule has 0 aromatic heterocycles. The Balaban J connectivity index is 2.12. The third kappa shape index (κ3) is 2.73. The van der Waals surface area contributed by atoms with E-state index in [2.05, 4.69) is 5.32 Å². The summed E-state index contributed by atoms with van der Waals surface area (Å²) in [4.78, 5) is 11.3. The molecule has 22 heavy (non-hydrogen) atoms. The van der Waals surface area contributed by atoms with E-state index in [1.807, 2.05) is 18.2 Å². The summed E-state index contributed by atoms with van der Waals surface area (Å²) in [5, 5.41) is 15.0. The first kappa shape index (κ1) is 14.7. The van der Waals surface area contributed by atoms with Crippen LogP contribution in [0.2, 0.25) is 10.0 Å². The topological polar surface area (TPSA) is 49.3 Å². The van der Waals surface area contributed by atoms with Gasteiger partial charge in [0.15, 0.2) is 0 Å². The molecule has 3 nitrogen and oxygen atoms in total. The van der Waals surface area contributed by atoms with Gasteiger partial charge in [0.2, 0.25) is 0 Å². The van der Waals surface area contributed by atoms with Crippen molar-refractivity contribution in [2.75, 3.05) is 5.32 Å². The van der Waals surface area contributed by atoms with E-state index < -0.39 is 5.97 Å². The van der Waals surface area contributed by atoms with Crippen LogP contribution in [0.15, 0.2) is 54.6 Å². The fourth-order valence-corrected chi connectivity index (χ4v) is 2.79. The lowest BCUT2D eigenvalue weighted by Gasteiger charge is -2.13. The van der Waals surface area contributed by atoms with Crippen LogP contribution < -0.4 is 5.32 Å². The van der Waals surface area contributed by atoms with Crippen molar-refractivity contribution in [3.05, 3.63) is 70.2 Å². The summed E-state index contributed by atoms with van der Waals surface area (Å²) >= 11 is 12.1. The molecular formula is C17H11Cl2NO2. The number of carbonyl (C=O) groups is 1. The molecule has 0 saturated carbocycles. The Morgan fingerprint density at radius 2 is 1.59 bits per heavy atom. The molecule has 3 aromatic carbocycles. The number of rotatable bonds is 3. The molecule has 110 valence electrons. The van der Waals surface area contributed by atoms with Crippen LogP contribution in [0.25, 0.3) is 10.8 Å². The van der Waals surface area contributed by atoms with Crippen LogP contribution in [0.5, 0.6) is 0 Å². The van der Waals surface area contributed by atoms with E-state index in [-0.39, 0.29) is 5.56 Å². The van der Waals surface area contributed by atoms with Crippen molar-refractivity contribution in [2.24, 2.45) is 0 Å². The molecule has 0 aliphatic rings. The normalized spacial score (nSPS) is 10.6. The third-order valence-corrected chi connectivity index (χ3v) is 3.90. The molecule has 0 amide bonds. The van der Waals surface area contributed by atoms with Crippen LogP contribution in [0, 0.1) is 0 Å². The molecule has 2 N–H and O–H groups in total. The van der Waals surface area contributed by atoms with E-state index in [0.717, 1.165) is 11.1 Å². The van der Waals surface area contributed by atoms with E-state index in [1.165, 1.54) is 0 Å². The maximum absolute atomic E-state index is 11.3. The number of carboxylic acids is 1. The lowest BCUT2D eigenvalue weighted by atomic mass is 10.0. The summed E-state index contributed by atoms with van der Waals surface area (Å²) in [7, 11) is 0. The Morgan fingerprint density at radius 1 is 0.909 bits per heavy atom. The Labute approximate surface area is 137 Å². The van der Waals surface area contributed by atoms with Crippen molar-refractivity contribution in [1.82, 2.24) is 0 Å². The van der Waals surface area contributed by atoms with E-state index in [1.54, 1.807) is 36.4 Å². The molecule has 0 aliphatic carbocycles. The number of hydrogen-bond acceptors (Lipinski definition) is 2. The van der Waals surface area contributed by atoms with Gasteiger partial charge < -0.3 is 10.4 Å². The summed E-state index contributed by atoms with van der Waals surface area (Å²) in [5.41, 5.74) is 1.76. The Kier molecular flexibility index (Phi) is 3.92. The molecule has 0 atom stereocenters. The van der Waals surface area contributed by atoms with Gasteiger partial charge in [-0.05, 0) is 35.7 Å². The fraction of sp³-hybridized carbons (Fsp3) is 0. The second-order valence-electron chi connectivity index (χ2n) is 4.76. The summed E-state index contributed by atoms with van der Waals surface area (Å²) in [6, 6.07) is 15.8. The number of hydrogen-bond donors (Lipinski definition) is 2. The summed E-state index contributed by atoms with van der Waals surface area (Å²) in [6.45, 7) is 0. The molecule has 0 aliphatic heterocycles. The Hall–Kier alpha value is -2.23. The third-order valence-electron chi connectivity index (χ3n) is 3.35. The number of benzene rings is 3. The standard InChI is InChI=1S/C17H11Cl2NO2/c18-10-5-7-16(14(19)9-10)20-15-8-6-13(17(21)22)11-3-1-2-4-12(11)15/h1-9,20H,(H,21,22). The maximum Gasteiger partial charge on any atom is 0.336 e. The van der Waals surface area contributed by atoms with Gasteiger partial charge in [-0.3, -0.25) is 0 Å². The van der Waals surface area contributed by atoms with Crippen molar-refractivity contribution in [2.45, 2.75) is 0 Å². The predicted octanol–water partition coefficient (Wildman–Crippen LogP) is 5.59. The Morgan fingerprint density at radius 3 is 2.27 bits per heavy atom. The van der Waals surface area contributed by atoms with Gasteiger partial charge >= 0.3 is 5.97 Å². The highest BCUT2D eigenvalue weighted by Crippen LogP contribution is 2.33. The Bertz CT molecular complexity index is 878. The van der Waals surface area contributed by atoms with E-state index in [0.29, 0.717) is 21.1 Å². The highest BCUT2D eigenvalue weighted by molar-refractivity contribution is 6.36. The molecular weight excluding hydrogens is 321 g/mol. The number of aromatic carboxylic acids is 1. The van der Waals surface area contributed by atoms with Gasteiger partial charge in [-0.2, -0.15) is 0 Å². The lowest BCUT2D eigenvalue weighted by Crippen LogP contribution is -1.99. The van der Waals surface area contributed by atoms with Crippen molar-refractivity contribution in [3.63, 3.8) is 0 Å². The van der Waals surface area contributed by atoms with Gasteiger partial charge in [0.1, 0.15) is 0 Å². The summed E-state index contributed by atoms with van der Waals surface area (Å²) < 4.78 is 0. The van der Waals surface area contributed by atoms with Gasteiger partial charge in [-0.25, -0.2) is 4.79 Å². The lowest BCUT2D eigenvalue weighted by molar-refractivity contribution is 0.0699. The minimum absolute atomic E-state index is 0.267. The number of anilines is 2. The first-order valence-corrected chi connectivity index (χ1v) is 7.29. The minimum Gasteiger partial charge on any atom is -0.478 e. The zero-order chi connectivity index (χ0) is 15.7.